The van der Waals surface area contributed by atoms with E-state index in [-0.39, 0.29) is 5.91 Å². The van der Waals surface area contributed by atoms with Crippen molar-refractivity contribution in [2.75, 3.05) is 6.54 Å². The van der Waals surface area contributed by atoms with Gasteiger partial charge in [-0.1, -0.05) is 30.3 Å². The van der Waals surface area contributed by atoms with Gasteiger partial charge in [0, 0.05) is 42.9 Å². The van der Waals surface area contributed by atoms with Gasteiger partial charge in [0.25, 0.3) is 5.91 Å². The fourth-order valence-electron chi connectivity index (χ4n) is 3.59. The molecule has 0 unspecified atom stereocenters. The molecule has 0 bridgehead atoms. The molecule has 0 fully saturated rings. The van der Waals surface area contributed by atoms with Crippen molar-refractivity contribution >= 4 is 11.6 Å². The van der Waals surface area contributed by atoms with Crippen LogP contribution in [0.4, 0.5) is 0 Å². The number of rotatable bonds is 2. The maximum absolute atomic E-state index is 12.9. The van der Waals surface area contributed by atoms with Crippen LogP contribution in [0.1, 0.15) is 27.4 Å². The molecule has 0 saturated heterocycles. The summed E-state index contributed by atoms with van der Waals surface area (Å²) in [5, 5.41) is 11.7. The van der Waals surface area contributed by atoms with Gasteiger partial charge in [0.1, 0.15) is 5.69 Å². The number of amides is 1. The molecule has 0 saturated carbocycles. The zero-order valence-electron chi connectivity index (χ0n) is 14.9. The van der Waals surface area contributed by atoms with Gasteiger partial charge in [0.15, 0.2) is 5.65 Å². The van der Waals surface area contributed by atoms with Crippen LogP contribution in [0.15, 0.2) is 48.7 Å². The number of hydrogen-bond donors (Lipinski definition) is 1. The molecule has 1 aliphatic heterocycles. The minimum absolute atomic E-state index is 0.0490. The number of aromatic nitrogens is 5. The Hall–Kier alpha value is -3.48. The summed E-state index contributed by atoms with van der Waals surface area (Å²) < 4.78 is 1.90. The average Bonchev–Trinajstić information content (AvgIpc) is 3.34. The number of fused-ring (bicyclic) bond motifs is 3. The van der Waals surface area contributed by atoms with Crippen molar-refractivity contribution in [3.63, 3.8) is 0 Å². The molecule has 0 radical (unpaired) electrons. The van der Waals surface area contributed by atoms with Crippen molar-refractivity contribution in [1.82, 2.24) is 29.7 Å². The van der Waals surface area contributed by atoms with E-state index in [2.05, 4.69) is 20.3 Å². The smallest absolute Gasteiger partial charge is 0.272 e. The number of benzene rings is 1. The van der Waals surface area contributed by atoms with E-state index in [9.17, 15) is 4.79 Å². The first kappa shape index (κ1) is 15.7. The third-order valence-electron chi connectivity index (χ3n) is 4.94. The van der Waals surface area contributed by atoms with Crippen molar-refractivity contribution in [3.8, 4) is 11.3 Å². The lowest BCUT2D eigenvalue weighted by atomic mass is 10.1. The first-order valence-corrected chi connectivity index (χ1v) is 8.92. The molecule has 4 aromatic rings. The standard InChI is InChI=1S/C20H18N6O/c1-13-9-19-21-11-15-12-25(8-7-18(15)26(19)24-13)20(27)17-10-16(22-23-17)14-5-3-2-4-6-14/h2-6,9-11H,7-8,12H2,1H3,(H,22,23). The molecule has 4 heterocycles. The Morgan fingerprint density at radius 2 is 2.04 bits per heavy atom. The highest BCUT2D eigenvalue weighted by Crippen LogP contribution is 2.22. The Bertz CT molecular complexity index is 1140. The molecule has 0 aliphatic carbocycles. The van der Waals surface area contributed by atoms with Crippen LogP contribution in [0.3, 0.4) is 0 Å². The second-order valence-corrected chi connectivity index (χ2v) is 6.80. The summed E-state index contributed by atoms with van der Waals surface area (Å²) in [6.07, 6.45) is 2.61. The predicted molar refractivity (Wildman–Crippen MR) is 100 cm³/mol. The summed E-state index contributed by atoms with van der Waals surface area (Å²) in [4.78, 5) is 19.2. The highest BCUT2D eigenvalue weighted by molar-refractivity contribution is 5.93. The summed E-state index contributed by atoms with van der Waals surface area (Å²) in [5.74, 6) is -0.0490. The van der Waals surface area contributed by atoms with E-state index in [0.29, 0.717) is 18.8 Å². The Kier molecular flexibility index (Phi) is 3.53. The lowest BCUT2D eigenvalue weighted by Gasteiger charge is -2.28. The summed E-state index contributed by atoms with van der Waals surface area (Å²) >= 11 is 0. The van der Waals surface area contributed by atoms with Gasteiger partial charge in [-0.15, -0.1) is 0 Å². The maximum Gasteiger partial charge on any atom is 0.272 e. The Labute approximate surface area is 155 Å². The van der Waals surface area contributed by atoms with Crippen LogP contribution >= 0.6 is 0 Å². The molecule has 1 amide bonds. The number of carbonyl (C=O) groups is 1. The SMILES string of the molecule is Cc1cc2ncc3c(n2n1)CCN(C(=O)c1cc(-c2ccccc2)n[nH]1)C3. The normalized spacial score (nSPS) is 13.7. The summed E-state index contributed by atoms with van der Waals surface area (Å²) in [6.45, 7) is 3.13. The van der Waals surface area contributed by atoms with Crippen molar-refractivity contribution in [3.05, 3.63) is 71.3 Å². The second-order valence-electron chi connectivity index (χ2n) is 6.80. The number of nitrogens with zero attached hydrogens (tertiary/aromatic N) is 5. The van der Waals surface area contributed by atoms with Gasteiger partial charge in [-0.3, -0.25) is 9.89 Å². The molecule has 27 heavy (non-hydrogen) atoms. The first-order chi connectivity index (χ1) is 13.2. The lowest BCUT2D eigenvalue weighted by molar-refractivity contribution is 0.0726. The Balaban J connectivity index is 1.41. The van der Waals surface area contributed by atoms with Crippen LogP contribution in [-0.2, 0) is 13.0 Å². The van der Waals surface area contributed by atoms with Crippen LogP contribution in [0.2, 0.25) is 0 Å². The zero-order valence-corrected chi connectivity index (χ0v) is 14.9. The number of H-pyrrole nitrogens is 1. The first-order valence-electron chi connectivity index (χ1n) is 8.92. The molecule has 1 N–H and O–H groups in total. The van der Waals surface area contributed by atoms with Crippen LogP contribution in [0.25, 0.3) is 16.9 Å². The highest BCUT2D eigenvalue weighted by Gasteiger charge is 2.25. The molecule has 134 valence electrons. The number of aryl methyl sites for hydroxylation is 1. The van der Waals surface area contributed by atoms with E-state index in [0.717, 1.165) is 40.3 Å². The van der Waals surface area contributed by atoms with Gasteiger partial charge in [0.05, 0.1) is 17.1 Å². The topological polar surface area (TPSA) is 79.2 Å². The summed E-state index contributed by atoms with van der Waals surface area (Å²) in [5.41, 5.74) is 6.22. The second kappa shape index (κ2) is 6.05. The van der Waals surface area contributed by atoms with Gasteiger partial charge in [-0.05, 0) is 13.0 Å². The minimum atomic E-state index is -0.0490. The van der Waals surface area contributed by atoms with Crippen LogP contribution in [0, 0.1) is 6.92 Å². The fraction of sp³-hybridized carbons (Fsp3) is 0.200. The molecular formula is C20H18N6O. The Morgan fingerprint density at radius 1 is 1.19 bits per heavy atom. The zero-order chi connectivity index (χ0) is 18.4. The van der Waals surface area contributed by atoms with Gasteiger partial charge >= 0.3 is 0 Å². The van der Waals surface area contributed by atoms with Gasteiger partial charge in [0.2, 0.25) is 0 Å². The number of hydrogen-bond acceptors (Lipinski definition) is 4. The molecular weight excluding hydrogens is 340 g/mol. The molecule has 0 atom stereocenters. The van der Waals surface area contributed by atoms with E-state index in [1.807, 2.05) is 65.0 Å². The monoisotopic (exact) mass is 358 g/mol. The number of aromatic amines is 1. The largest absolute Gasteiger partial charge is 0.332 e. The number of nitrogens with one attached hydrogen (secondary N) is 1. The van der Waals surface area contributed by atoms with Crippen molar-refractivity contribution in [1.29, 1.82) is 0 Å². The highest BCUT2D eigenvalue weighted by atomic mass is 16.2. The van der Waals surface area contributed by atoms with Gasteiger partial charge < -0.3 is 4.90 Å². The molecule has 7 nitrogen and oxygen atoms in total. The third-order valence-corrected chi connectivity index (χ3v) is 4.94. The third kappa shape index (κ3) is 2.68. The predicted octanol–water partition coefficient (Wildman–Crippen LogP) is 2.63. The fourth-order valence-corrected chi connectivity index (χ4v) is 3.59. The van der Waals surface area contributed by atoms with Crippen molar-refractivity contribution < 1.29 is 4.79 Å². The van der Waals surface area contributed by atoms with Crippen molar-refractivity contribution in [2.24, 2.45) is 0 Å². The van der Waals surface area contributed by atoms with E-state index in [4.69, 9.17) is 0 Å². The summed E-state index contributed by atoms with van der Waals surface area (Å²) in [6, 6.07) is 13.6. The van der Waals surface area contributed by atoms with E-state index in [1.54, 1.807) is 0 Å². The number of carbonyl (C=O) groups excluding carboxylic acids is 1. The molecule has 7 heteroatoms. The van der Waals surface area contributed by atoms with E-state index >= 15 is 0 Å². The minimum Gasteiger partial charge on any atom is -0.332 e. The molecule has 3 aromatic heterocycles. The maximum atomic E-state index is 12.9. The molecule has 0 spiro atoms. The van der Waals surface area contributed by atoms with Crippen LogP contribution < -0.4 is 0 Å². The molecule has 5 rings (SSSR count). The average molecular weight is 358 g/mol. The van der Waals surface area contributed by atoms with E-state index < -0.39 is 0 Å². The molecule has 1 aliphatic rings. The lowest BCUT2D eigenvalue weighted by Crippen LogP contribution is -2.37. The van der Waals surface area contributed by atoms with Crippen LogP contribution in [-0.4, -0.2) is 42.1 Å². The van der Waals surface area contributed by atoms with Crippen LogP contribution in [0.5, 0.6) is 0 Å². The molecule has 1 aromatic carbocycles. The van der Waals surface area contributed by atoms with Crippen molar-refractivity contribution in [2.45, 2.75) is 19.9 Å². The quantitative estimate of drug-likeness (QED) is 0.597. The van der Waals surface area contributed by atoms with Gasteiger partial charge in [-0.25, -0.2) is 9.50 Å². The van der Waals surface area contributed by atoms with Gasteiger partial charge in [-0.2, -0.15) is 10.2 Å². The van der Waals surface area contributed by atoms with E-state index in [1.165, 1.54) is 0 Å². The Morgan fingerprint density at radius 3 is 2.89 bits per heavy atom. The summed E-state index contributed by atoms with van der Waals surface area (Å²) in [7, 11) is 0.